The van der Waals surface area contributed by atoms with Crippen molar-refractivity contribution in [1.82, 2.24) is 0 Å². The third kappa shape index (κ3) is 5.26. The molecule has 0 saturated carbocycles. The van der Waals surface area contributed by atoms with Gasteiger partial charge in [0.05, 0.1) is 11.5 Å². The molecule has 0 fully saturated rings. The van der Waals surface area contributed by atoms with Gasteiger partial charge in [-0.1, -0.05) is 26.0 Å². The average Bonchev–Trinajstić information content (AvgIpc) is 2.32. The van der Waals surface area contributed by atoms with Gasteiger partial charge in [-0.15, -0.1) is 0 Å². The molecule has 0 saturated heterocycles. The Morgan fingerprint density at radius 2 is 2.11 bits per heavy atom. The molecule has 0 aliphatic rings. The van der Waals surface area contributed by atoms with Crippen LogP contribution >= 0.6 is 0 Å². The smallest absolute Gasteiger partial charge is 0.295 e. The van der Waals surface area contributed by atoms with Gasteiger partial charge < -0.3 is 10.1 Å². The topological polar surface area (TPSA) is 64.4 Å². The monoisotopic (exact) mass is 266 g/mol. The van der Waals surface area contributed by atoms with E-state index in [9.17, 15) is 10.1 Å². The first-order valence-corrected chi connectivity index (χ1v) is 6.58. The molecule has 0 aromatic heterocycles. The zero-order valence-electron chi connectivity index (χ0n) is 11.8. The molecule has 5 heteroatoms. The summed E-state index contributed by atoms with van der Waals surface area (Å²) < 4.78 is 5.46. The van der Waals surface area contributed by atoms with Crippen molar-refractivity contribution in [3.05, 3.63) is 33.9 Å². The molecule has 0 bridgehead atoms. The van der Waals surface area contributed by atoms with Gasteiger partial charge >= 0.3 is 0 Å². The number of rotatable bonds is 8. The lowest BCUT2D eigenvalue weighted by Gasteiger charge is -2.09. The van der Waals surface area contributed by atoms with Gasteiger partial charge in [0.25, 0.3) is 5.69 Å². The fourth-order valence-corrected chi connectivity index (χ4v) is 1.72. The van der Waals surface area contributed by atoms with E-state index in [1.165, 1.54) is 0 Å². The number of nitro benzene ring substituents is 1. The van der Waals surface area contributed by atoms with Gasteiger partial charge in [-0.2, -0.15) is 0 Å². The van der Waals surface area contributed by atoms with E-state index in [1.54, 1.807) is 19.1 Å². The van der Waals surface area contributed by atoms with Crippen LogP contribution < -0.4 is 5.32 Å². The van der Waals surface area contributed by atoms with E-state index in [2.05, 4.69) is 19.2 Å². The minimum atomic E-state index is -0.350. The lowest BCUT2D eigenvalue weighted by Crippen LogP contribution is -2.12. The van der Waals surface area contributed by atoms with Crippen molar-refractivity contribution in [3.8, 4) is 0 Å². The van der Waals surface area contributed by atoms with Gasteiger partial charge in [0, 0.05) is 18.7 Å². The van der Waals surface area contributed by atoms with Crippen molar-refractivity contribution in [1.29, 1.82) is 0 Å². The predicted octanol–water partition coefficient (Wildman–Crippen LogP) is 3.38. The molecule has 0 spiro atoms. The number of nitrogens with zero attached hydrogens (tertiary/aromatic N) is 1. The third-order valence-corrected chi connectivity index (χ3v) is 2.82. The van der Waals surface area contributed by atoms with E-state index in [0.29, 0.717) is 30.3 Å². The SMILES string of the molecule is Cc1cccc(NCCOCCC(C)C)c1[N+](=O)[O-]. The van der Waals surface area contributed by atoms with Crippen LogP contribution in [-0.2, 0) is 4.74 Å². The molecule has 0 radical (unpaired) electrons. The maximum Gasteiger partial charge on any atom is 0.295 e. The molecule has 1 aromatic rings. The largest absolute Gasteiger partial charge is 0.380 e. The van der Waals surface area contributed by atoms with E-state index >= 15 is 0 Å². The van der Waals surface area contributed by atoms with E-state index in [1.807, 2.05) is 6.07 Å². The number of ether oxygens (including phenoxy) is 1. The molecule has 19 heavy (non-hydrogen) atoms. The maximum absolute atomic E-state index is 11.0. The maximum atomic E-state index is 11.0. The molecule has 0 atom stereocenters. The summed E-state index contributed by atoms with van der Waals surface area (Å²) in [6.07, 6.45) is 1.03. The summed E-state index contributed by atoms with van der Waals surface area (Å²) >= 11 is 0. The van der Waals surface area contributed by atoms with Crippen LogP contribution in [0.15, 0.2) is 18.2 Å². The minimum Gasteiger partial charge on any atom is -0.380 e. The second-order valence-electron chi connectivity index (χ2n) is 4.95. The van der Waals surface area contributed by atoms with Crippen LogP contribution in [-0.4, -0.2) is 24.7 Å². The predicted molar refractivity (Wildman–Crippen MR) is 76.6 cm³/mol. The van der Waals surface area contributed by atoms with Gasteiger partial charge in [0.2, 0.25) is 0 Å². The summed E-state index contributed by atoms with van der Waals surface area (Å²) in [5, 5.41) is 14.0. The van der Waals surface area contributed by atoms with Crippen LogP contribution in [0.25, 0.3) is 0 Å². The number of anilines is 1. The van der Waals surface area contributed by atoms with Crippen LogP contribution in [0, 0.1) is 23.0 Å². The van der Waals surface area contributed by atoms with Crippen molar-refractivity contribution in [2.24, 2.45) is 5.92 Å². The molecule has 1 aromatic carbocycles. The Morgan fingerprint density at radius 1 is 1.37 bits per heavy atom. The number of benzene rings is 1. The van der Waals surface area contributed by atoms with Crippen molar-refractivity contribution >= 4 is 11.4 Å². The molecule has 0 amide bonds. The highest BCUT2D eigenvalue weighted by Gasteiger charge is 2.15. The van der Waals surface area contributed by atoms with Crippen molar-refractivity contribution in [3.63, 3.8) is 0 Å². The molecule has 0 heterocycles. The minimum absolute atomic E-state index is 0.143. The highest BCUT2D eigenvalue weighted by atomic mass is 16.6. The number of aryl methyl sites for hydroxylation is 1. The van der Waals surface area contributed by atoms with E-state index in [4.69, 9.17) is 4.74 Å². The molecular weight excluding hydrogens is 244 g/mol. The van der Waals surface area contributed by atoms with Gasteiger partial charge in [0.15, 0.2) is 0 Å². The molecule has 5 nitrogen and oxygen atoms in total. The Balaban J connectivity index is 2.41. The first-order valence-electron chi connectivity index (χ1n) is 6.58. The Labute approximate surface area is 114 Å². The summed E-state index contributed by atoms with van der Waals surface area (Å²) in [4.78, 5) is 10.6. The van der Waals surface area contributed by atoms with Crippen molar-refractivity contribution in [2.45, 2.75) is 27.2 Å². The van der Waals surface area contributed by atoms with Crippen molar-refractivity contribution < 1.29 is 9.66 Å². The Kier molecular flexibility index (Phi) is 6.29. The Morgan fingerprint density at radius 3 is 2.74 bits per heavy atom. The Hall–Kier alpha value is -1.62. The van der Waals surface area contributed by atoms with Crippen LogP contribution in [0.3, 0.4) is 0 Å². The third-order valence-electron chi connectivity index (χ3n) is 2.82. The van der Waals surface area contributed by atoms with E-state index < -0.39 is 0 Å². The van der Waals surface area contributed by atoms with Crippen LogP contribution in [0.5, 0.6) is 0 Å². The molecule has 1 N–H and O–H groups in total. The van der Waals surface area contributed by atoms with E-state index in [-0.39, 0.29) is 10.6 Å². The van der Waals surface area contributed by atoms with Crippen molar-refractivity contribution in [2.75, 3.05) is 25.1 Å². The molecule has 0 aliphatic heterocycles. The van der Waals surface area contributed by atoms with Crippen LogP contribution in [0.2, 0.25) is 0 Å². The lowest BCUT2D eigenvalue weighted by atomic mass is 10.1. The summed E-state index contributed by atoms with van der Waals surface area (Å²) in [6, 6.07) is 5.27. The van der Waals surface area contributed by atoms with Crippen LogP contribution in [0.4, 0.5) is 11.4 Å². The molecule has 1 rings (SSSR count). The first kappa shape index (κ1) is 15.4. The fourth-order valence-electron chi connectivity index (χ4n) is 1.72. The van der Waals surface area contributed by atoms with Gasteiger partial charge in [-0.05, 0) is 25.3 Å². The zero-order chi connectivity index (χ0) is 14.3. The van der Waals surface area contributed by atoms with Crippen LogP contribution in [0.1, 0.15) is 25.8 Å². The number of hydrogen-bond donors (Lipinski definition) is 1. The second-order valence-corrected chi connectivity index (χ2v) is 4.95. The first-order chi connectivity index (χ1) is 9.02. The lowest BCUT2D eigenvalue weighted by molar-refractivity contribution is -0.384. The second kappa shape index (κ2) is 7.74. The number of nitrogens with one attached hydrogen (secondary N) is 1. The summed E-state index contributed by atoms with van der Waals surface area (Å²) in [7, 11) is 0. The van der Waals surface area contributed by atoms with E-state index in [0.717, 1.165) is 13.0 Å². The molecule has 106 valence electrons. The molecule has 0 unspecified atom stereocenters. The molecule has 0 aliphatic carbocycles. The fraction of sp³-hybridized carbons (Fsp3) is 0.571. The summed E-state index contributed by atoms with van der Waals surface area (Å²) in [6.45, 7) is 7.90. The summed E-state index contributed by atoms with van der Waals surface area (Å²) in [5.74, 6) is 0.630. The number of hydrogen-bond acceptors (Lipinski definition) is 4. The zero-order valence-corrected chi connectivity index (χ0v) is 11.8. The summed E-state index contributed by atoms with van der Waals surface area (Å²) in [5.41, 5.74) is 1.36. The Bertz CT molecular complexity index is 419. The van der Waals surface area contributed by atoms with Gasteiger partial charge in [0.1, 0.15) is 5.69 Å². The standard InChI is InChI=1S/C14H22N2O3/c1-11(2)7-9-19-10-8-15-13-6-4-5-12(3)14(13)16(17)18/h4-6,11,15H,7-10H2,1-3H3. The van der Waals surface area contributed by atoms with Gasteiger partial charge in [-0.3, -0.25) is 10.1 Å². The molecular formula is C14H22N2O3. The average molecular weight is 266 g/mol. The normalized spacial score (nSPS) is 10.7. The van der Waals surface area contributed by atoms with Gasteiger partial charge in [-0.25, -0.2) is 0 Å². The highest BCUT2D eigenvalue weighted by Crippen LogP contribution is 2.27. The quantitative estimate of drug-likeness (QED) is 0.445. The number of nitro groups is 1. The number of para-hydroxylation sites is 1. The highest BCUT2D eigenvalue weighted by molar-refractivity contribution is 5.64.